The van der Waals surface area contributed by atoms with Gasteiger partial charge >= 0.3 is 0 Å². The number of carbonyl (C=O) groups is 1. The molecule has 2 nitrogen and oxygen atoms in total. The maximum atomic E-state index is 13.4. The molecule has 0 bridgehead atoms. The smallest absolute Gasteiger partial charge is 0.228 e. The van der Waals surface area contributed by atoms with Gasteiger partial charge in [-0.1, -0.05) is 29.8 Å². The van der Waals surface area contributed by atoms with Crippen molar-refractivity contribution in [3.63, 3.8) is 0 Å². The Morgan fingerprint density at radius 1 is 1.26 bits per heavy atom. The lowest BCUT2D eigenvalue weighted by molar-refractivity contribution is -0.115. The average molecular weight is 278 g/mol. The van der Waals surface area contributed by atoms with E-state index in [-0.39, 0.29) is 18.1 Å². The molecular weight excluding hydrogens is 265 g/mol. The zero-order valence-electron chi connectivity index (χ0n) is 10.4. The van der Waals surface area contributed by atoms with Crippen LogP contribution in [0.25, 0.3) is 0 Å². The fourth-order valence-electron chi connectivity index (χ4n) is 1.78. The van der Waals surface area contributed by atoms with Crippen LogP contribution in [0.15, 0.2) is 42.5 Å². The van der Waals surface area contributed by atoms with Gasteiger partial charge in [-0.05, 0) is 42.3 Å². The summed E-state index contributed by atoms with van der Waals surface area (Å²) in [6.45, 7) is 1.85. The summed E-state index contributed by atoms with van der Waals surface area (Å²) in [4.78, 5) is 11.9. The number of amides is 1. The number of rotatable bonds is 3. The lowest BCUT2D eigenvalue weighted by Gasteiger charge is -2.09. The largest absolute Gasteiger partial charge is 0.326 e. The lowest BCUT2D eigenvalue weighted by atomic mass is 10.1. The van der Waals surface area contributed by atoms with Crippen LogP contribution in [0.2, 0.25) is 5.02 Å². The van der Waals surface area contributed by atoms with E-state index >= 15 is 0 Å². The maximum Gasteiger partial charge on any atom is 0.228 e. The molecule has 2 rings (SSSR count). The van der Waals surface area contributed by atoms with Gasteiger partial charge in [-0.2, -0.15) is 0 Å². The molecule has 4 heteroatoms. The Labute approximate surface area is 116 Å². The minimum atomic E-state index is -0.370. The zero-order chi connectivity index (χ0) is 13.8. The second-order valence-electron chi connectivity index (χ2n) is 4.28. The Bertz CT molecular complexity index is 613. The van der Waals surface area contributed by atoms with Crippen molar-refractivity contribution < 1.29 is 9.18 Å². The van der Waals surface area contributed by atoms with Gasteiger partial charge in [0.1, 0.15) is 5.82 Å². The highest BCUT2D eigenvalue weighted by atomic mass is 35.5. The molecule has 0 radical (unpaired) electrons. The van der Waals surface area contributed by atoms with E-state index in [0.717, 1.165) is 5.56 Å². The Kier molecular flexibility index (Phi) is 4.17. The predicted octanol–water partition coefficient (Wildman–Crippen LogP) is 3.97. The molecule has 0 fully saturated rings. The summed E-state index contributed by atoms with van der Waals surface area (Å²) in [5, 5.41) is 3.36. The van der Waals surface area contributed by atoms with Crippen LogP contribution in [-0.2, 0) is 11.2 Å². The van der Waals surface area contributed by atoms with Crippen molar-refractivity contribution in [2.75, 3.05) is 5.32 Å². The fourth-order valence-corrected chi connectivity index (χ4v) is 2.00. The van der Waals surface area contributed by atoms with Crippen LogP contribution in [-0.4, -0.2) is 5.91 Å². The molecule has 0 saturated carbocycles. The summed E-state index contributed by atoms with van der Waals surface area (Å²) in [6, 6.07) is 11.4. The van der Waals surface area contributed by atoms with Gasteiger partial charge in [-0.3, -0.25) is 4.79 Å². The maximum absolute atomic E-state index is 13.4. The van der Waals surface area contributed by atoms with Crippen molar-refractivity contribution in [2.24, 2.45) is 0 Å². The molecule has 98 valence electrons. The Hall–Kier alpha value is -1.87. The van der Waals surface area contributed by atoms with Crippen molar-refractivity contribution in [3.05, 3.63) is 64.4 Å². The van der Waals surface area contributed by atoms with Gasteiger partial charge in [0.25, 0.3) is 0 Å². The number of hydrogen-bond acceptors (Lipinski definition) is 1. The molecule has 0 saturated heterocycles. The third-order valence-electron chi connectivity index (χ3n) is 2.77. The summed E-state index contributed by atoms with van der Waals surface area (Å²) in [5.74, 6) is -0.624. The molecule has 1 amide bonds. The third kappa shape index (κ3) is 3.55. The molecule has 0 aliphatic heterocycles. The number of carbonyl (C=O) groups excluding carboxylic acids is 1. The first-order valence-corrected chi connectivity index (χ1v) is 6.23. The second kappa shape index (κ2) is 5.85. The van der Waals surface area contributed by atoms with Gasteiger partial charge in [0.05, 0.1) is 6.42 Å². The molecule has 19 heavy (non-hydrogen) atoms. The van der Waals surface area contributed by atoms with Gasteiger partial charge in [0.2, 0.25) is 5.91 Å². The molecule has 0 heterocycles. The number of halogens is 2. The SMILES string of the molecule is Cc1cc(Cl)ccc1NC(=O)Cc1ccccc1F. The molecular formula is C15H13ClFNO. The van der Waals surface area contributed by atoms with Crippen molar-refractivity contribution in [1.82, 2.24) is 0 Å². The number of anilines is 1. The van der Waals surface area contributed by atoms with E-state index in [1.165, 1.54) is 6.07 Å². The molecule has 0 aliphatic carbocycles. The molecule has 0 spiro atoms. The van der Waals surface area contributed by atoms with Crippen molar-refractivity contribution >= 4 is 23.2 Å². The van der Waals surface area contributed by atoms with Crippen LogP contribution in [0.3, 0.4) is 0 Å². The summed E-state index contributed by atoms with van der Waals surface area (Å²) in [7, 11) is 0. The van der Waals surface area contributed by atoms with E-state index < -0.39 is 0 Å². The van der Waals surface area contributed by atoms with E-state index in [9.17, 15) is 9.18 Å². The van der Waals surface area contributed by atoms with E-state index in [1.807, 2.05) is 6.92 Å². The first-order valence-electron chi connectivity index (χ1n) is 5.85. The quantitative estimate of drug-likeness (QED) is 0.904. The van der Waals surface area contributed by atoms with Gasteiger partial charge in [0.15, 0.2) is 0 Å². The molecule has 0 aliphatic rings. The Morgan fingerprint density at radius 3 is 2.68 bits per heavy atom. The van der Waals surface area contributed by atoms with Crippen LogP contribution in [0.4, 0.5) is 10.1 Å². The van der Waals surface area contributed by atoms with E-state index in [4.69, 9.17) is 11.6 Å². The van der Waals surface area contributed by atoms with Crippen molar-refractivity contribution in [3.8, 4) is 0 Å². The van der Waals surface area contributed by atoms with E-state index in [0.29, 0.717) is 16.3 Å². The molecule has 2 aromatic carbocycles. The molecule has 2 aromatic rings. The highest BCUT2D eigenvalue weighted by Crippen LogP contribution is 2.20. The van der Waals surface area contributed by atoms with Crippen LogP contribution in [0.5, 0.6) is 0 Å². The van der Waals surface area contributed by atoms with Gasteiger partial charge in [-0.25, -0.2) is 4.39 Å². The standard InChI is InChI=1S/C15H13ClFNO/c1-10-8-12(16)6-7-14(10)18-15(19)9-11-4-2-3-5-13(11)17/h2-8H,9H2,1H3,(H,18,19). The number of nitrogens with one attached hydrogen (secondary N) is 1. The summed E-state index contributed by atoms with van der Waals surface area (Å²) in [6.07, 6.45) is 0.00867. The zero-order valence-corrected chi connectivity index (χ0v) is 11.2. The fraction of sp³-hybridized carbons (Fsp3) is 0.133. The van der Waals surface area contributed by atoms with Gasteiger partial charge in [0, 0.05) is 10.7 Å². The number of benzene rings is 2. The van der Waals surface area contributed by atoms with E-state index in [2.05, 4.69) is 5.32 Å². The van der Waals surface area contributed by atoms with Crippen LogP contribution in [0.1, 0.15) is 11.1 Å². The predicted molar refractivity (Wildman–Crippen MR) is 74.9 cm³/mol. The molecule has 0 aromatic heterocycles. The topological polar surface area (TPSA) is 29.1 Å². The van der Waals surface area contributed by atoms with Gasteiger partial charge in [-0.15, -0.1) is 0 Å². The summed E-state index contributed by atoms with van der Waals surface area (Å²) < 4.78 is 13.4. The van der Waals surface area contributed by atoms with Crippen molar-refractivity contribution in [1.29, 1.82) is 0 Å². The second-order valence-corrected chi connectivity index (χ2v) is 4.71. The minimum Gasteiger partial charge on any atom is -0.326 e. The molecule has 1 N–H and O–H groups in total. The summed E-state index contributed by atoms with van der Waals surface area (Å²) >= 11 is 5.84. The van der Waals surface area contributed by atoms with Crippen LogP contribution in [0, 0.1) is 12.7 Å². The minimum absolute atomic E-state index is 0.00867. The molecule has 0 atom stereocenters. The molecule has 0 unspecified atom stereocenters. The Morgan fingerprint density at radius 2 is 2.00 bits per heavy atom. The monoisotopic (exact) mass is 277 g/mol. The Balaban J connectivity index is 2.08. The summed E-state index contributed by atoms with van der Waals surface area (Å²) in [5.41, 5.74) is 1.94. The lowest BCUT2D eigenvalue weighted by Crippen LogP contribution is -2.15. The first-order chi connectivity index (χ1) is 9.06. The van der Waals surface area contributed by atoms with Gasteiger partial charge < -0.3 is 5.32 Å². The normalized spacial score (nSPS) is 10.3. The van der Waals surface area contributed by atoms with Crippen LogP contribution >= 0.6 is 11.6 Å². The van der Waals surface area contributed by atoms with Crippen molar-refractivity contribution in [2.45, 2.75) is 13.3 Å². The third-order valence-corrected chi connectivity index (χ3v) is 3.01. The van der Waals surface area contributed by atoms with Crippen LogP contribution < -0.4 is 5.32 Å². The number of hydrogen-bond donors (Lipinski definition) is 1. The number of aryl methyl sites for hydroxylation is 1. The first kappa shape index (κ1) is 13.6. The highest BCUT2D eigenvalue weighted by Gasteiger charge is 2.09. The van der Waals surface area contributed by atoms with E-state index in [1.54, 1.807) is 36.4 Å². The average Bonchev–Trinajstić information content (AvgIpc) is 2.36. The highest BCUT2D eigenvalue weighted by molar-refractivity contribution is 6.30.